The van der Waals surface area contributed by atoms with Gasteiger partial charge >= 0.3 is 6.09 Å². The second kappa shape index (κ2) is 3.48. The quantitative estimate of drug-likeness (QED) is 0.492. The number of amides is 1. The normalized spacial score (nSPS) is 13.1. The summed E-state index contributed by atoms with van der Waals surface area (Å²) >= 11 is 0. The maximum atomic E-state index is 9.88. The minimum absolute atomic E-state index is 0.215. The van der Waals surface area contributed by atoms with Crippen LogP contribution in [-0.2, 0) is 0 Å². The van der Waals surface area contributed by atoms with Gasteiger partial charge in [-0.05, 0) is 6.42 Å². The molecular formula is C4H11NO2Si. The Hall–Kier alpha value is -0.513. The van der Waals surface area contributed by atoms with Gasteiger partial charge in [-0.3, -0.25) is 0 Å². The van der Waals surface area contributed by atoms with Gasteiger partial charge in [-0.2, -0.15) is 0 Å². The molecule has 8 heavy (non-hydrogen) atoms. The van der Waals surface area contributed by atoms with Crippen LogP contribution < -0.4 is 5.32 Å². The molecule has 0 aliphatic rings. The maximum Gasteiger partial charge on any atom is 0.404 e. The molecule has 0 rings (SSSR count). The molecule has 1 amide bonds. The third-order valence-corrected chi connectivity index (χ3v) is 2.09. The van der Waals surface area contributed by atoms with Crippen LogP contribution in [0.1, 0.15) is 13.3 Å². The average Bonchev–Trinajstić information content (AvgIpc) is 1.65. The van der Waals surface area contributed by atoms with Gasteiger partial charge in [0.25, 0.3) is 0 Å². The Balaban J connectivity index is 3.24. The van der Waals surface area contributed by atoms with Gasteiger partial charge in [-0.25, -0.2) is 4.79 Å². The molecule has 1 unspecified atom stereocenters. The molecule has 0 radical (unpaired) electrons. The smallest absolute Gasteiger partial charge is 0.404 e. The van der Waals surface area contributed by atoms with Crippen molar-refractivity contribution in [2.75, 3.05) is 0 Å². The molecule has 3 nitrogen and oxygen atoms in total. The molecule has 1 atom stereocenters. The topological polar surface area (TPSA) is 49.3 Å². The van der Waals surface area contributed by atoms with Crippen LogP contribution in [0.4, 0.5) is 4.79 Å². The lowest BCUT2D eigenvalue weighted by atomic mass is 10.5. The monoisotopic (exact) mass is 133 g/mol. The van der Waals surface area contributed by atoms with Gasteiger partial charge in [0, 0.05) is 15.9 Å². The van der Waals surface area contributed by atoms with Gasteiger partial charge in [0.2, 0.25) is 0 Å². The summed E-state index contributed by atoms with van der Waals surface area (Å²) in [5.74, 6) is 0. The van der Waals surface area contributed by atoms with E-state index in [2.05, 4.69) is 5.32 Å². The fourth-order valence-corrected chi connectivity index (χ4v) is 0.560. The molecule has 0 aromatic rings. The summed E-state index contributed by atoms with van der Waals surface area (Å²) < 4.78 is 0. The van der Waals surface area contributed by atoms with Crippen LogP contribution in [0.2, 0.25) is 0 Å². The molecule has 0 aromatic carbocycles. The van der Waals surface area contributed by atoms with Gasteiger partial charge in [0.1, 0.15) is 0 Å². The lowest BCUT2D eigenvalue weighted by Crippen LogP contribution is -2.32. The van der Waals surface area contributed by atoms with Crippen LogP contribution in [0.3, 0.4) is 0 Å². The molecule has 0 saturated carbocycles. The van der Waals surface area contributed by atoms with E-state index in [0.29, 0.717) is 0 Å². The first-order valence-corrected chi connectivity index (χ1v) is 3.81. The molecule has 0 bridgehead atoms. The van der Waals surface area contributed by atoms with E-state index in [4.69, 9.17) is 5.11 Å². The van der Waals surface area contributed by atoms with E-state index in [1.165, 1.54) is 0 Å². The molecule has 0 aliphatic heterocycles. The lowest BCUT2D eigenvalue weighted by molar-refractivity contribution is 0.193. The van der Waals surface area contributed by atoms with Crippen molar-refractivity contribution in [3.8, 4) is 0 Å². The Morgan fingerprint density at radius 3 is 2.62 bits per heavy atom. The van der Waals surface area contributed by atoms with Crippen LogP contribution in [0.5, 0.6) is 0 Å². The summed E-state index contributed by atoms with van der Waals surface area (Å²) in [7, 11) is 0.896. The third-order valence-electron chi connectivity index (χ3n) is 0.982. The zero-order chi connectivity index (χ0) is 6.57. The number of carboxylic acid groups (broad SMARTS) is 1. The minimum Gasteiger partial charge on any atom is -0.465 e. The van der Waals surface area contributed by atoms with E-state index in [1.54, 1.807) is 0 Å². The van der Waals surface area contributed by atoms with Gasteiger partial charge in [0.05, 0.1) is 0 Å². The standard InChI is InChI=1S/C4H11NO2Si/c1-2-3(8)5-4(6)7/h3,5H,2H2,1,8H3,(H,6,7). The number of carbonyl (C=O) groups is 1. The van der Waals surface area contributed by atoms with Crippen LogP contribution in [0.25, 0.3) is 0 Å². The van der Waals surface area contributed by atoms with Gasteiger partial charge < -0.3 is 10.4 Å². The molecule has 48 valence electrons. The number of hydrogen-bond donors (Lipinski definition) is 2. The van der Waals surface area contributed by atoms with Crippen molar-refractivity contribution >= 4 is 16.3 Å². The van der Waals surface area contributed by atoms with Crippen molar-refractivity contribution in [1.29, 1.82) is 0 Å². The Bertz CT molecular complexity index is 86.1. The molecule has 0 spiro atoms. The molecule has 0 heterocycles. The van der Waals surface area contributed by atoms with Crippen molar-refractivity contribution < 1.29 is 9.90 Å². The van der Waals surface area contributed by atoms with Crippen LogP contribution in [0.15, 0.2) is 0 Å². The van der Waals surface area contributed by atoms with Crippen molar-refractivity contribution in [1.82, 2.24) is 5.32 Å². The maximum absolute atomic E-state index is 9.88. The minimum atomic E-state index is -0.910. The number of nitrogens with one attached hydrogen (secondary N) is 1. The van der Waals surface area contributed by atoms with Crippen LogP contribution in [0, 0.1) is 0 Å². The first-order valence-electron chi connectivity index (χ1n) is 2.66. The predicted octanol–water partition coefficient (Wildman–Crippen LogP) is -0.645. The van der Waals surface area contributed by atoms with Gasteiger partial charge in [-0.15, -0.1) is 0 Å². The summed E-state index contributed by atoms with van der Waals surface area (Å²) in [5, 5.41) is 10.5. The van der Waals surface area contributed by atoms with E-state index < -0.39 is 6.09 Å². The number of hydrogen-bond acceptors (Lipinski definition) is 1. The summed E-state index contributed by atoms with van der Waals surface area (Å²) in [6, 6.07) is 0. The Morgan fingerprint density at radius 2 is 2.50 bits per heavy atom. The molecule has 4 heteroatoms. The van der Waals surface area contributed by atoms with E-state index in [9.17, 15) is 4.79 Å². The Labute approximate surface area is 51.5 Å². The van der Waals surface area contributed by atoms with E-state index in [-0.39, 0.29) is 5.67 Å². The molecule has 0 fully saturated rings. The highest BCUT2D eigenvalue weighted by atomic mass is 28.1. The summed E-state index contributed by atoms with van der Waals surface area (Å²) in [5.41, 5.74) is 0.215. The Morgan fingerprint density at radius 1 is 2.00 bits per heavy atom. The third kappa shape index (κ3) is 3.67. The largest absolute Gasteiger partial charge is 0.465 e. The average molecular weight is 133 g/mol. The highest BCUT2D eigenvalue weighted by Crippen LogP contribution is 1.80. The highest BCUT2D eigenvalue weighted by Gasteiger charge is 1.99. The van der Waals surface area contributed by atoms with Gasteiger partial charge in [0.15, 0.2) is 0 Å². The molecule has 0 aromatic heterocycles. The van der Waals surface area contributed by atoms with Crippen LogP contribution in [-0.4, -0.2) is 27.1 Å². The highest BCUT2D eigenvalue weighted by molar-refractivity contribution is 6.12. The molecular weight excluding hydrogens is 122 g/mol. The van der Waals surface area contributed by atoms with Crippen molar-refractivity contribution in [2.24, 2.45) is 0 Å². The van der Waals surface area contributed by atoms with Crippen molar-refractivity contribution in [3.63, 3.8) is 0 Å². The second-order valence-corrected chi connectivity index (χ2v) is 3.15. The first-order chi connectivity index (χ1) is 3.66. The van der Waals surface area contributed by atoms with Crippen LogP contribution >= 0.6 is 0 Å². The first kappa shape index (κ1) is 7.49. The zero-order valence-electron chi connectivity index (χ0n) is 5.14. The Kier molecular flexibility index (Phi) is 3.26. The van der Waals surface area contributed by atoms with Crippen molar-refractivity contribution in [2.45, 2.75) is 19.0 Å². The van der Waals surface area contributed by atoms with E-state index in [1.807, 2.05) is 6.92 Å². The van der Waals surface area contributed by atoms with Crippen molar-refractivity contribution in [3.05, 3.63) is 0 Å². The summed E-state index contributed by atoms with van der Waals surface area (Å²) in [4.78, 5) is 9.88. The fourth-order valence-electron chi connectivity index (χ4n) is 0.313. The predicted molar refractivity (Wildman–Crippen MR) is 35.2 cm³/mol. The fraction of sp³-hybridized carbons (Fsp3) is 0.750. The molecule has 0 saturated heterocycles. The molecule has 0 aliphatic carbocycles. The second-order valence-electron chi connectivity index (χ2n) is 1.76. The lowest BCUT2D eigenvalue weighted by Gasteiger charge is -2.05. The van der Waals surface area contributed by atoms with E-state index in [0.717, 1.165) is 16.7 Å². The van der Waals surface area contributed by atoms with Gasteiger partial charge in [-0.1, -0.05) is 6.92 Å². The number of rotatable bonds is 2. The summed E-state index contributed by atoms with van der Waals surface area (Å²) in [6.07, 6.45) is -0.00901. The van der Waals surface area contributed by atoms with E-state index >= 15 is 0 Å². The zero-order valence-corrected chi connectivity index (χ0v) is 7.14. The molecule has 2 N–H and O–H groups in total. The SMILES string of the molecule is CCC([SiH3])NC(=O)O. The summed E-state index contributed by atoms with van der Waals surface area (Å²) in [6.45, 7) is 1.97.